The molecule has 4 aromatic rings. The molecule has 0 unspecified atom stereocenters. The average molecular weight is 611 g/mol. The summed E-state index contributed by atoms with van der Waals surface area (Å²) in [5.74, 6) is 2.91. The number of aromatic hydroxyl groups is 1. The average Bonchev–Trinajstić information content (AvgIpc) is 3.77. The van der Waals surface area contributed by atoms with E-state index in [2.05, 4.69) is 21.8 Å². The third-order valence-corrected chi connectivity index (χ3v) is 9.10. The molecule has 232 valence electrons. The van der Waals surface area contributed by atoms with Crippen LogP contribution >= 0.6 is 0 Å². The van der Waals surface area contributed by atoms with Crippen LogP contribution in [0.2, 0.25) is 0 Å². The zero-order valence-corrected chi connectivity index (χ0v) is 25.1. The number of nitriles is 1. The molecule has 3 fully saturated rings. The number of aromatic nitrogens is 3. The number of phenolic OH excluding ortho intramolecular Hbond substituents is 1. The molecule has 0 bridgehead atoms. The lowest BCUT2D eigenvalue weighted by Gasteiger charge is -2.30. The third kappa shape index (κ3) is 5.75. The minimum atomic E-state index is -0.512. The van der Waals surface area contributed by atoms with Crippen LogP contribution in [0.4, 0.5) is 10.2 Å². The number of hydrogen-bond acceptors (Lipinski definition) is 9. The van der Waals surface area contributed by atoms with Gasteiger partial charge in [-0.1, -0.05) is 12.0 Å². The number of ether oxygens (including phenoxy) is 3. The van der Waals surface area contributed by atoms with Gasteiger partial charge in [0.25, 0.3) is 0 Å². The maximum absolute atomic E-state index is 14.8. The lowest BCUT2D eigenvalue weighted by Crippen LogP contribution is -2.41. The lowest BCUT2D eigenvalue weighted by molar-refractivity contribution is 0.0234. The predicted molar refractivity (Wildman–Crippen MR) is 167 cm³/mol. The molecule has 7 rings (SSSR count). The van der Waals surface area contributed by atoms with Gasteiger partial charge in [-0.05, 0) is 48.4 Å². The van der Waals surface area contributed by atoms with E-state index in [0.717, 1.165) is 52.1 Å². The molecule has 2 aromatic carbocycles. The molecule has 0 atom stereocenters. The maximum Gasteiger partial charge on any atom is 0.244 e. The van der Waals surface area contributed by atoms with Gasteiger partial charge in [-0.15, -0.1) is 6.42 Å². The molecular weight excluding hydrogens is 575 g/mol. The summed E-state index contributed by atoms with van der Waals surface area (Å²) in [6, 6.07) is 8.44. The summed E-state index contributed by atoms with van der Waals surface area (Å²) in [4.78, 5) is 14.2. The largest absolute Gasteiger partial charge is 0.508 e. The molecule has 1 saturated carbocycles. The maximum atomic E-state index is 14.8. The predicted octanol–water partition coefficient (Wildman–Crippen LogP) is 4.05. The molecule has 10 nitrogen and oxygen atoms in total. The van der Waals surface area contributed by atoms with Gasteiger partial charge in [0.1, 0.15) is 23.2 Å². The van der Waals surface area contributed by atoms with Gasteiger partial charge >= 0.3 is 0 Å². The highest BCUT2D eigenvalue weighted by Gasteiger charge is 2.45. The van der Waals surface area contributed by atoms with Crippen molar-refractivity contribution >= 4 is 27.6 Å². The Morgan fingerprint density at radius 1 is 1.07 bits per heavy atom. The smallest absolute Gasteiger partial charge is 0.244 e. The number of terminal acetylenes is 1. The molecule has 11 heteroatoms. The van der Waals surface area contributed by atoms with Crippen LogP contribution in [0.3, 0.4) is 0 Å². The normalized spacial score (nSPS) is 18.4. The molecule has 2 aliphatic heterocycles. The number of phenols is 1. The number of pyridine rings is 1. The van der Waals surface area contributed by atoms with Crippen LogP contribution in [0.15, 0.2) is 30.6 Å². The molecular formula is C34H35FN6O4. The van der Waals surface area contributed by atoms with Gasteiger partial charge in [0.05, 0.1) is 43.8 Å². The van der Waals surface area contributed by atoms with Crippen molar-refractivity contribution in [3.63, 3.8) is 0 Å². The molecule has 0 amide bonds. The van der Waals surface area contributed by atoms with E-state index in [4.69, 9.17) is 30.6 Å². The van der Waals surface area contributed by atoms with Crippen molar-refractivity contribution in [2.75, 3.05) is 70.7 Å². The highest BCUT2D eigenvalue weighted by Crippen LogP contribution is 2.47. The molecule has 0 spiro atoms. The Hall–Kier alpha value is -4.42. The second kappa shape index (κ2) is 12.2. The van der Waals surface area contributed by atoms with Crippen LogP contribution < -0.4 is 9.64 Å². The van der Waals surface area contributed by atoms with Crippen molar-refractivity contribution in [3.05, 3.63) is 53.1 Å². The molecule has 45 heavy (non-hydrogen) atoms. The van der Waals surface area contributed by atoms with Crippen molar-refractivity contribution in [1.82, 2.24) is 19.4 Å². The van der Waals surface area contributed by atoms with Crippen LogP contribution in [0.5, 0.6) is 11.6 Å². The summed E-state index contributed by atoms with van der Waals surface area (Å²) in [5, 5.41) is 22.3. The topological polar surface area (TPSA) is 109 Å². The monoisotopic (exact) mass is 610 g/mol. The number of fused-ring (bicyclic) bond motifs is 2. The summed E-state index contributed by atoms with van der Waals surface area (Å²) in [5.41, 5.74) is 2.20. The number of hydrogen-bond donors (Lipinski definition) is 1. The van der Waals surface area contributed by atoms with E-state index >= 15 is 0 Å². The van der Waals surface area contributed by atoms with E-state index in [1.807, 2.05) is 4.57 Å². The minimum absolute atomic E-state index is 0.0305. The van der Waals surface area contributed by atoms with Gasteiger partial charge in [-0.3, -0.25) is 4.90 Å². The number of halogens is 1. The van der Waals surface area contributed by atoms with Gasteiger partial charge < -0.3 is 28.8 Å². The van der Waals surface area contributed by atoms with Crippen molar-refractivity contribution < 1.29 is 23.7 Å². The Morgan fingerprint density at radius 2 is 1.87 bits per heavy atom. The van der Waals surface area contributed by atoms with Gasteiger partial charge in [0, 0.05) is 56.7 Å². The van der Waals surface area contributed by atoms with Gasteiger partial charge in [0.15, 0.2) is 11.3 Å². The molecule has 1 N–H and O–H groups in total. The fourth-order valence-electron chi connectivity index (χ4n) is 6.56. The number of imidazole rings is 1. The van der Waals surface area contributed by atoms with Crippen LogP contribution in [0, 0.1) is 34.9 Å². The highest BCUT2D eigenvalue weighted by atomic mass is 19.1. The summed E-state index contributed by atoms with van der Waals surface area (Å²) >= 11 is 0. The first-order valence-electron chi connectivity index (χ1n) is 15.4. The first kappa shape index (κ1) is 29.3. The molecule has 1 aliphatic carbocycles. The Morgan fingerprint density at radius 3 is 2.64 bits per heavy atom. The fourth-order valence-corrected chi connectivity index (χ4v) is 6.56. The van der Waals surface area contributed by atoms with Crippen LogP contribution in [-0.4, -0.2) is 90.3 Å². The SMILES string of the molecule is C#Cc1c(F)ccc2cc(O)cc(Cn3cnc4c(OCC5(CN6CCOCC6)CC5)nc(N5CCCOCC5)c(C#N)c43)c12. The third-order valence-electron chi connectivity index (χ3n) is 9.10. The summed E-state index contributed by atoms with van der Waals surface area (Å²) in [6.07, 6.45) is 10.3. The van der Waals surface area contributed by atoms with Crippen molar-refractivity contribution in [1.29, 1.82) is 5.26 Å². The zero-order chi connectivity index (χ0) is 31.0. The molecule has 2 aromatic heterocycles. The van der Waals surface area contributed by atoms with Crippen LogP contribution in [-0.2, 0) is 16.0 Å². The number of benzene rings is 2. The quantitative estimate of drug-likeness (QED) is 0.296. The Kier molecular flexibility index (Phi) is 7.92. The van der Waals surface area contributed by atoms with E-state index < -0.39 is 5.82 Å². The van der Waals surface area contributed by atoms with Crippen molar-refractivity contribution in [2.45, 2.75) is 25.8 Å². The highest BCUT2D eigenvalue weighted by molar-refractivity contribution is 5.93. The van der Waals surface area contributed by atoms with Crippen molar-refractivity contribution in [2.24, 2.45) is 5.41 Å². The Bertz CT molecular complexity index is 1820. The number of rotatable bonds is 8. The van der Waals surface area contributed by atoms with Crippen molar-refractivity contribution in [3.8, 4) is 30.0 Å². The number of morpholine rings is 1. The summed E-state index contributed by atoms with van der Waals surface area (Å²) in [6.45, 7) is 7.40. The van der Waals surface area contributed by atoms with Crippen LogP contribution in [0.25, 0.3) is 21.8 Å². The summed E-state index contributed by atoms with van der Waals surface area (Å²) in [7, 11) is 0. The zero-order valence-electron chi connectivity index (χ0n) is 25.1. The van der Waals surface area contributed by atoms with E-state index in [1.165, 1.54) is 6.07 Å². The van der Waals surface area contributed by atoms with E-state index in [9.17, 15) is 14.8 Å². The second-order valence-corrected chi connectivity index (χ2v) is 12.2. The first-order valence-corrected chi connectivity index (χ1v) is 15.4. The first-order chi connectivity index (χ1) is 22.0. The standard InChI is InChI=1S/C34H35FN6O4/c1-2-26-28(35)5-4-23-16-25(42)17-24(29(23)26)19-41-22-37-30-31(41)27(18-36)32(40-8-3-12-43-15-11-40)38-33(30)45-21-34(6-7-34)20-39-9-13-44-14-10-39/h1,4-5,16-17,22,42H,3,6-15,19-21H2. The number of anilines is 1. The minimum Gasteiger partial charge on any atom is -0.508 e. The molecule has 4 heterocycles. The Balaban J connectivity index is 1.31. The molecule has 2 saturated heterocycles. The lowest BCUT2D eigenvalue weighted by atomic mass is 9.98. The second-order valence-electron chi connectivity index (χ2n) is 12.2. The van der Waals surface area contributed by atoms with E-state index in [1.54, 1.807) is 24.5 Å². The fraction of sp³-hybridized carbons (Fsp3) is 0.441. The van der Waals surface area contributed by atoms with E-state index in [0.29, 0.717) is 77.5 Å². The van der Waals surface area contributed by atoms with Gasteiger partial charge in [0.2, 0.25) is 5.88 Å². The van der Waals surface area contributed by atoms with Crippen LogP contribution in [0.1, 0.15) is 36.0 Å². The summed E-state index contributed by atoms with van der Waals surface area (Å²) < 4.78 is 34.4. The van der Waals surface area contributed by atoms with E-state index in [-0.39, 0.29) is 23.3 Å². The molecule has 3 aliphatic rings. The van der Waals surface area contributed by atoms with Gasteiger partial charge in [-0.2, -0.15) is 10.2 Å². The van der Waals surface area contributed by atoms with Gasteiger partial charge in [-0.25, -0.2) is 9.37 Å². The molecule has 0 radical (unpaired) electrons. The number of nitrogens with zero attached hydrogens (tertiary/aromatic N) is 6. The Labute approximate surface area is 260 Å².